The molecule has 0 atom stereocenters. The number of ether oxygens (including phenoxy) is 1. The molecule has 138 valence electrons. The van der Waals surface area contributed by atoms with E-state index >= 15 is 0 Å². The number of anilines is 1. The van der Waals surface area contributed by atoms with Crippen LogP contribution in [-0.4, -0.2) is 13.0 Å². The molecule has 0 saturated heterocycles. The van der Waals surface area contributed by atoms with Crippen molar-refractivity contribution in [2.45, 2.75) is 25.4 Å². The Morgan fingerprint density at radius 2 is 1.30 bits per heavy atom. The van der Waals surface area contributed by atoms with Crippen LogP contribution in [-0.2, 0) is 15.1 Å². The van der Waals surface area contributed by atoms with Crippen LogP contribution in [0.15, 0.2) is 84.9 Å². The van der Waals surface area contributed by atoms with Gasteiger partial charge in [0.15, 0.2) is 5.60 Å². The Morgan fingerprint density at radius 3 is 1.70 bits per heavy atom. The van der Waals surface area contributed by atoms with Gasteiger partial charge in [-0.25, -0.2) is 0 Å². The summed E-state index contributed by atoms with van der Waals surface area (Å²) in [6.07, 6.45) is 0. The minimum atomic E-state index is -1.22. The van der Waals surface area contributed by atoms with E-state index in [1.807, 2.05) is 84.9 Å². The van der Waals surface area contributed by atoms with Crippen molar-refractivity contribution in [2.24, 2.45) is 0 Å². The second-order valence-corrected chi connectivity index (χ2v) is 6.85. The second kappa shape index (κ2) is 8.19. The number of hydrogen-bond acceptors (Lipinski definition) is 2. The first kappa shape index (κ1) is 18.9. The Balaban J connectivity index is 2.01. The fraction of sp³-hybridized carbons (Fsp3) is 0.208. The maximum absolute atomic E-state index is 13.4. The molecule has 3 aromatic carbocycles. The van der Waals surface area contributed by atoms with Crippen LogP contribution in [0.3, 0.4) is 0 Å². The average molecular weight is 359 g/mol. The summed E-state index contributed by atoms with van der Waals surface area (Å²) in [7, 11) is 1.57. The lowest BCUT2D eigenvalue weighted by Crippen LogP contribution is -2.43. The largest absolute Gasteiger partial charge is 0.359 e. The molecule has 0 fully saturated rings. The SMILES string of the molecule is COC(C(=O)Nc1ccc(C(C)C)cc1)(c1ccccc1)c1ccccc1. The third kappa shape index (κ3) is 3.79. The number of carbonyl (C=O) groups is 1. The topological polar surface area (TPSA) is 38.3 Å². The number of benzene rings is 3. The first-order valence-electron chi connectivity index (χ1n) is 9.15. The third-order valence-electron chi connectivity index (χ3n) is 4.82. The Morgan fingerprint density at radius 1 is 0.815 bits per heavy atom. The van der Waals surface area contributed by atoms with Crippen LogP contribution < -0.4 is 5.32 Å². The minimum Gasteiger partial charge on any atom is -0.359 e. The summed E-state index contributed by atoms with van der Waals surface area (Å²) >= 11 is 0. The van der Waals surface area contributed by atoms with Crippen molar-refractivity contribution in [1.82, 2.24) is 0 Å². The first-order chi connectivity index (χ1) is 13.1. The van der Waals surface area contributed by atoms with Crippen molar-refractivity contribution >= 4 is 11.6 Å². The Hall–Kier alpha value is -2.91. The summed E-state index contributed by atoms with van der Waals surface area (Å²) in [6.45, 7) is 4.29. The highest BCUT2D eigenvalue weighted by Gasteiger charge is 2.42. The fourth-order valence-electron chi connectivity index (χ4n) is 3.27. The molecular formula is C24H25NO2. The van der Waals surface area contributed by atoms with Gasteiger partial charge in [-0.05, 0) is 34.7 Å². The summed E-state index contributed by atoms with van der Waals surface area (Å²) in [5.74, 6) is 0.223. The molecule has 3 rings (SSSR count). The molecule has 3 heteroatoms. The van der Waals surface area contributed by atoms with Crippen LogP contribution in [0.25, 0.3) is 0 Å². The number of rotatable bonds is 6. The lowest BCUT2D eigenvalue weighted by Gasteiger charge is -2.32. The zero-order valence-corrected chi connectivity index (χ0v) is 16.0. The van der Waals surface area contributed by atoms with E-state index in [9.17, 15) is 4.79 Å². The predicted octanol–water partition coefficient (Wildman–Crippen LogP) is 5.34. The standard InChI is InChI=1S/C24H25NO2/c1-18(2)19-14-16-22(17-15-19)25-23(26)24(27-3,20-10-6-4-7-11-20)21-12-8-5-9-13-21/h4-18H,1-3H3,(H,25,26). The van der Waals surface area contributed by atoms with Gasteiger partial charge >= 0.3 is 0 Å². The molecule has 0 aromatic heterocycles. The van der Waals surface area contributed by atoms with Crippen molar-refractivity contribution in [2.75, 3.05) is 12.4 Å². The highest BCUT2D eigenvalue weighted by atomic mass is 16.5. The third-order valence-corrected chi connectivity index (χ3v) is 4.82. The van der Waals surface area contributed by atoms with Crippen molar-refractivity contribution in [3.05, 3.63) is 102 Å². The monoisotopic (exact) mass is 359 g/mol. The number of hydrogen-bond donors (Lipinski definition) is 1. The van der Waals surface area contributed by atoms with Gasteiger partial charge in [0.05, 0.1) is 0 Å². The molecule has 3 nitrogen and oxygen atoms in total. The molecule has 3 aromatic rings. The molecule has 0 saturated carbocycles. The molecule has 0 aliphatic heterocycles. The van der Waals surface area contributed by atoms with Crippen LogP contribution in [0.1, 0.15) is 36.5 Å². The molecule has 27 heavy (non-hydrogen) atoms. The van der Waals surface area contributed by atoms with Crippen molar-refractivity contribution in [3.63, 3.8) is 0 Å². The van der Waals surface area contributed by atoms with Gasteiger partial charge in [0.2, 0.25) is 0 Å². The second-order valence-electron chi connectivity index (χ2n) is 6.85. The van der Waals surface area contributed by atoms with Crippen molar-refractivity contribution < 1.29 is 9.53 Å². The highest BCUT2D eigenvalue weighted by molar-refractivity contribution is 6.00. The van der Waals surface area contributed by atoms with Crippen LogP contribution in [0.2, 0.25) is 0 Å². The van der Waals surface area contributed by atoms with Crippen LogP contribution >= 0.6 is 0 Å². The first-order valence-corrected chi connectivity index (χ1v) is 9.15. The molecule has 0 unspecified atom stereocenters. The predicted molar refractivity (Wildman–Crippen MR) is 110 cm³/mol. The van der Waals surface area contributed by atoms with Gasteiger partial charge in [-0.15, -0.1) is 0 Å². The molecule has 0 spiro atoms. The van der Waals surface area contributed by atoms with Gasteiger partial charge in [-0.3, -0.25) is 4.79 Å². The summed E-state index contributed by atoms with van der Waals surface area (Å²) in [6, 6.07) is 27.1. The number of carbonyl (C=O) groups excluding carboxylic acids is 1. The van der Waals surface area contributed by atoms with E-state index in [-0.39, 0.29) is 5.91 Å². The number of methoxy groups -OCH3 is 1. The molecule has 0 aliphatic carbocycles. The lowest BCUT2D eigenvalue weighted by atomic mass is 9.85. The summed E-state index contributed by atoms with van der Waals surface area (Å²) in [5, 5.41) is 3.03. The van der Waals surface area contributed by atoms with Gasteiger partial charge in [-0.1, -0.05) is 86.6 Å². The lowest BCUT2D eigenvalue weighted by molar-refractivity contribution is -0.134. The summed E-state index contributed by atoms with van der Waals surface area (Å²) < 4.78 is 5.89. The average Bonchev–Trinajstić information content (AvgIpc) is 2.71. The molecule has 0 heterocycles. The zero-order valence-electron chi connectivity index (χ0n) is 16.0. The van der Waals surface area contributed by atoms with Crippen molar-refractivity contribution in [3.8, 4) is 0 Å². The highest BCUT2D eigenvalue weighted by Crippen LogP contribution is 2.34. The molecule has 1 amide bonds. The maximum Gasteiger partial charge on any atom is 0.265 e. The van der Waals surface area contributed by atoms with E-state index in [0.717, 1.165) is 16.8 Å². The fourth-order valence-corrected chi connectivity index (χ4v) is 3.27. The summed E-state index contributed by atoms with van der Waals surface area (Å²) in [4.78, 5) is 13.4. The quantitative estimate of drug-likeness (QED) is 0.645. The van der Waals surface area contributed by atoms with Gasteiger partial charge in [-0.2, -0.15) is 0 Å². The van der Waals surface area contributed by atoms with Gasteiger partial charge < -0.3 is 10.1 Å². The molecule has 1 N–H and O–H groups in total. The molecule has 0 bridgehead atoms. The number of amides is 1. The Labute approximate surface area is 161 Å². The van der Waals surface area contributed by atoms with Crippen LogP contribution in [0, 0.1) is 0 Å². The van der Waals surface area contributed by atoms with E-state index in [2.05, 4.69) is 19.2 Å². The van der Waals surface area contributed by atoms with E-state index < -0.39 is 5.60 Å². The van der Waals surface area contributed by atoms with Gasteiger partial charge in [0, 0.05) is 12.8 Å². The zero-order chi connectivity index (χ0) is 19.3. The molecule has 0 radical (unpaired) electrons. The van der Waals surface area contributed by atoms with Crippen molar-refractivity contribution in [1.29, 1.82) is 0 Å². The van der Waals surface area contributed by atoms with E-state index in [0.29, 0.717) is 5.92 Å². The molecule has 0 aliphatic rings. The van der Waals surface area contributed by atoms with E-state index in [1.54, 1.807) is 7.11 Å². The van der Waals surface area contributed by atoms with Gasteiger partial charge in [0.1, 0.15) is 0 Å². The van der Waals surface area contributed by atoms with Gasteiger partial charge in [0.25, 0.3) is 5.91 Å². The number of nitrogens with one attached hydrogen (secondary N) is 1. The van der Waals surface area contributed by atoms with Crippen LogP contribution in [0.5, 0.6) is 0 Å². The smallest absolute Gasteiger partial charge is 0.265 e. The van der Waals surface area contributed by atoms with E-state index in [4.69, 9.17) is 4.74 Å². The maximum atomic E-state index is 13.4. The minimum absolute atomic E-state index is 0.223. The Bertz CT molecular complexity index is 832. The Kier molecular flexibility index (Phi) is 5.72. The molecular weight excluding hydrogens is 334 g/mol. The normalized spacial score (nSPS) is 11.4. The van der Waals surface area contributed by atoms with Crippen LogP contribution in [0.4, 0.5) is 5.69 Å². The summed E-state index contributed by atoms with van der Waals surface area (Å²) in [5.41, 5.74) is 2.33. The van der Waals surface area contributed by atoms with E-state index in [1.165, 1.54) is 5.56 Å².